The van der Waals surface area contributed by atoms with Gasteiger partial charge in [0.15, 0.2) is 0 Å². The number of carbonyl (C=O) groups is 1. The van der Waals surface area contributed by atoms with Crippen LogP contribution in [0.3, 0.4) is 0 Å². The predicted molar refractivity (Wildman–Crippen MR) is 150 cm³/mol. The lowest BCUT2D eigenvalue weighted by molar-refractivity contribution is -0.131. The van der Waals surface area contributed by atoms with Crippen molar-refractivity contribution in [1.82, 2.24) is 14.9 Å². The average Bonchev–Trinajstić information content (AvgIpc) is 2.83. The zero-order valence-corrected chi connectivity index (χ0v) is 22.7. The summed E-state index contributed by atoms with van der Waals surface area (Å²) < 4.78 is 1.18. The quantitative estimate of drug-likeness (QED) is 0.165. The van der Waals surface area contributed by atoms with Gasteiger partial charge >= 0.3 is 0 Å². The molecule has 1 amide bonds. The number of nitrogens with one attached hydrogen (secondary N) is 1. The summed E-state index contributed by atoms with van der Waals surface area (Å²) >= 11 is 2.33. The number of carbonyl (C=O) groups excluding carboxylic acids is 1. The molecular formula is C28H37IN4O. The molecule has 1 N–H and O–H groups in total. The lowest BCUT2D eigenvalue weighted by Gasteiger charge is -2.24. The molecule has 0 fully saturated rings. The SMILES string of the molecule is CCCCCCCCCC(=O)N(CCNc1cc(C)nc2ccc(I)cc12)Cc1cccnc1. The van der Waals surface area contributed by atoms with E-state index in [2.05, 4.69) is 69.1 Å². The van der Waals surface area contributed by atoms with Gasteiger partial charge in [0, 0.05) is 58.8 Å². The van der Waals surface area contributed by atoms with Gasteiger partial charge in [-0.3, -0.25) is 14.8 Å². The molecule has 2 heterocycles. The fourth-order valence-corrected chi connectivity index (χ4v) is 4.69. The highest BCUT2D eigenvalue weighted by molar-refractivity contribution is 14.1. The normalized spacial score (nSPS) is 11.0. The number of aryl methyl sites for hydroxylation is 1. The second-order valence-corrected chi connectivity index (χ2v) is 10.2. The second-order valence-electron chi connectivity index (χ2n) is 8.95. The van der Waals surface area contributed by atoms with Crippen molar-refractivity contribution in [2.45, 2.75) is 71.8 Å². The zero-order valence-electron chi connectivity index (χ0n) is 20.5. The first-order valence-corrected chi connectivity index (χ1v) is 13.6. The van der Waals surface area contributed by atoms with E-state index in [-0.39, 0.29) is 5.91 Å². The molecule has 34 heavy (non-hydrogen) atoms. The molecule has 182 valence electrons. The van der Waals surface area contributed by atoms with Crippen molar-refractivity contribution in [2.75, 3.05) is 18.4 Å². The Morgan fingerprint density at radius 1 is 1.06 bits per heavy atom. The number of nitrogens with zero attached hydrogens (tertiary/aromatic N) is 3. The van der Waals surface area contributed by atoms with Crippen LogP contribution >= 0.6 is 22.6 Å². The minimum atomic E-state index is 0.226. The van der Waals surface area contributed by atoms with Crippen LogP contribution in [0.2, 0.25) is 0 Å². The van der Waals surface area contributed by atoms with Gasteiger partial charge in [0.1, 0.15) is 0 Å². The second kappa shape index (κ2) is 14.2. The molecule has 0 saturated heterocycles. The fourth-order valence-electron chi connectivity index (χ4n) is 4.20. The van der Waals surface area contributed by atoms with Gasteiger partial charge in [-0.15, -0.1) is 0 Å². The Morgan fingerprint density at radius 3 is 2.62 bits per heavy atom. The van der Waals surface area contributed by atoms with Gasteiger partial charge in [0.25, 0.3) is 0 Å². The molecule has 0 bridgehead atoms. The van der Waals surface area contributed by atoms with Crippen molar-refractivity contribution >= 4 is 45.1 Å². The molecule has 0 aliphatic rings. The highest BCUT2D eigenvalue weighted by Gasteiger charge is 2.14. The van der Waals surface area contributed by atoms with E-state index in [9.17, 15) is 4.79 Å². The van der Waals surface area contributed by atoms with Gasteiger partial charge in [0.2, 0.25) is 5.91 Å². The average molecular weight is 573 g/mol. The maximum Gasteiger partial charge on any atom is 0.222 e. The Labute approximate surface area is 217 Å². The Kier molecular flexibility index (Phi) is 11.1. The third kappa shape index (κ3) is 8.53. The topological polar surface area (TPSA) is 58.1 Å². The fraction of sp³-hybridized carbons (Fsp3) is 0.464. The Hall–Kier alpha value is -2.22. The van der Waals surface area contributed by atoms with E-state index in [1.54, 1.807) is 6.20 Å². The Bertz CT molecular complexity index is 1040. The summed E-state index contributed by atoms with van der Waals surface area (Å²) in [5.41, 5.74) is 4.11. The number of benzene rings is 1. The first-order valence-electron chi connectivity index (χ1n) is 12.5. The largest absolute Gasteiger partial charge is 0.383 e. The number of rotatable bonds is 14. The van der Waals surface area contributed by atoms with Crippen LogP contribution in [0.5, 0.6) is 0 Å². The van der Waals surface area contributed by atoms with E-state index in [1.165, 1.54) is 35.7 Å². The molecule has 3 rings (SSSR count). The first-order chi connectivity index (χ1) is 16.6. The van der Waals surface area contributed by atoms with Crippen LogP contribution in [0.1, 0.15) is 69.5 Å². The summed E-state index contributed by atoms with van der Waals surface area (Å²) in [5, 5.41) is 4.69. The maximum absolute atomic E-state index is 13.1. The van der Waals surface area contributed by atoms with Crippen molar-refractivity contribution in [2.24, 2.45) is 0 Å². The standard InChI is InChI=1S/C28H37IN4O/c1-3-4-5-6-7-8-9-12-28(34)33(21-23-11-10-15-30-20-23)17-16-31-27-18-22(2)32-26-14-13-24(29)19-25(26)27/h10-11,13-15,18-20H,3-9,12,16-17,21H2,1-2H3,(H,31,32). The van der Waals surface area contributed by atoms with Crippen LogP contribution in [0.4, 0.5) is 5.69 Å². The van der Waals surface area contributed by atoms with Crippen molar-refractivity contribution in [1.29, 1.82) is 0 Å². The van der Waals surface area contributed by atoms with Gasteiger partial charge in [-0.05, 0) is 71.8 Å². The summed E-state index contributed by atoms with van der Waals surface area (Å²) in [6, 6.07) is 12.4. The summed E-state index contributed by atoms with van der Waals surface area (Å²) in [4.78, 5) is 24.0. The number of anilines is 1. The molecule has 0 spiro atoms. The number of halogens is 1. The number of fused-ring (bicyclic) bond motifs is 1. The summed E-state index contributed by atoms with van der Waals surface area (Å²) in [6.45, 7) is 6.19. The number of pyridine rings is 2. The van der Waals surface area contributed by atoms with Crippen molar-refractivity contribution in [3.05, 3.63) is 63.6 Å². The number of amides is 1. The molecule has 0 unspecified atom stereocenters. The summed E-state index contributed by atoms with van der Waals surface area (Å²) in [7, 11) is 0. The van der Waals surface area contributed by atoms with E-state index >= 15 is 0 Å². The molecule has 5 nitrogen and oxygen atoms in total. The van der Waals surface area contributed by atoms with Gasteiger partial charge in [-0.2, -0.15) is 0 Å². The Morgan fingerprint density at radius 2 is 1.85 bits per heavy atom. The minimum absolute atomic E-state index is 0.226. The van der Waals surface area contributed by atoms with Crippen molar-refractivity contribution in [3.63, 3.8) is 0 Å². The first kappa shape index (κ1) is 26.4. The highest BCUT2D eigenvalue weighted by atomic mass is 127. The van der Waals surface area contributed by atoms with Crippen LogP contribution < -0.4 is 5.32 Å². The van der Waals surface area contributed by atoms with Gasteiger partial charge in [-0.25, -0.2) is 0 Å². The smallest absolute Gasteiger partial charge is 0.222 e. The van der Waals surface area contributed by atoms with Gasteiger partial charge in [0.05, 0.1) is 5.52 Å². The van der Waals surface area contributed by atoms with E-state index in [4.69, 9.17) is 0 Å². The molecule has 1 aromatic carbocycles. The third-order valence-electron chi connectivity index (χ3n) is 6.04. The van der Waals surface area contributed by atoms with Crippen LogP contribution in [-0.4, -0.2) is 33.9 Å². The number of aromatic nitrogens is 2. The lowest BCUT2D eigenvalue weighted by Crippen LogP contribution is -2.34. The van der Waals surface area contributed by atoms with Crippen LogP contribution in [0.25, 0.3) is 10.9 Å². The molecule has 0 atom stereocenters. The molecule has 6 heteroatoms. The Balaban J connectivity index is 1.59. The van der Waals surface area contributed by atoms with Crippen molar-refractivity contribution < 1.29 is 4.79 Å². The lowest BCUT2D eigenvalue weighted by atomic mass is 10.1. The van der Waals surface area contributed by atoms with Gasteiger partial charge in [-0.1, -0.05) is 51.5 Å². The monoisotopic (exact) mass is 572 g/mol. The van der Waals surface area contributed by atoms with Crippen molar-refractivity contribution in [3.8, 4) is 0 Å². The number of hydrogen-bond donors (Lipinski definition) is 1. The number of hydrogen-bond acceptors (Lipinski definition) is 4. The van der Waals surface area contributed by atoms with Crippen LogP contribution in [0.15, 0.2) is 48.8 Å². The zero-order chi connectivity index (χ0) is 24.2. The number of unbranched alkanes of at least 4 members (excludes halogenated alkanes) is 6. The molecule has 0 aliphatic carbocycles. The summed E-state index contributed by atoms with van der Waals surface area (Å²) in [5.74, 6) is 0.226. The molecule has 0 radical (unpaired) electrons. The maximum atomic E-state index is 13.1. The molecule has 0 aliphatic heterocycles. The highest BCUT2D eigenvalue weighted by Crippen LogP contribution is 2.25. The molecule has 2 aromatic heterocycles. The molecular weight excluding hydrogens is 535 g/mol. The van der Waals surface area contributed by atoms with E-state index < -0.39 is 0 Å². The van der Waals surface area contributed by atoms with Crippen LogP contribution in [-0.2, 0) is 11.3 Å². The summed E-state index contributed by atoms with van der Waals surface area (Å²) in [6.07, 6.45) is 12.7. The molecule has 0 saturated carbocycles. The third-order valence-corrected chi connectivity index (χ3v) is 6.71. The molecule has 3 aromatic rings. The van der Waals surface area contributed by atoms with Crippen LogP contribution in [0, 0.1) is 10.5 Å². The minimum Gasteiger partial charge on any atom is -0.383 e. The predicted octanol–water partition coefficient (Wildman–Crippen LogP) is 7.12. The van der Waals surface area contributed by atoms with E-state index in [0.717, 1.165) is 40.7 Å². The van der Waals surface area contributed by atoms with E-state index in [0.29, 0.717) is 26.1 Å². The van der Waals surface area contributed by atoms with E-state index in [1.807, 2.05) is 30.2 Å². The van der Waals surface area contributed by atoms with Gasteiger partial charge < -0.3 is 10.2 Å².